The lowest BCUT2D eigenvalue weighted by Crippen LogP contribution is -2.16. The highest BCUT2D eigenvalue weighted by Crippen LogP contribution is 2.33. The number of hydrogen-bond donors (Lipinski definition) is 1. The third kappa shape index (κ3) is 2.92. The lowest BCUT2D eigenvalue weighted by molar-refractivity contribution is 0.0992. The van der Waals surface area contributed by atoms with Crippen molar-refractivity contribution in [1.82, 2.24) is 0 Å². The van der Waals surface area contributed by atoms with Crippen molar-refractivity contribution >= 4 is 22.6 Å². The summed E-state index contributed by atoms with van der Waals surface area (Å²) < 4.78 is 22.0. The third-order valence-electron chi connectivity index (χ3n) is 3.99. The van der Waals surface area contributed by atoms with Crippen molar-refractivity contribution in [2.24, 2.45) is 0 Å². The molecular formula is C19H17NO5. The number of hydrogen-bond acceptors (Lipinski definition) is 5. The zero-order chi connectivity index (χ0) is 17.2. The van der Waals surface area contributed by atoms with Crippen molar-refractivity contribution in [2.45, 2.75) is 6.61 Å². The molecule has 1 aliphatic heterocycles. The normalized spacial score (nSPS) is 13.0. The number of furan rings is 1. The Morgan fingerprint density at radius 3 is 2.76 bits per heavy atom. The predicted octanol–water partition coefficient (Wildman–Crippen LogP) is 3.60. The van der Waals surface area contributed by atoms with Gasteiger partial charge in [-0.3, -0.25) is 4.79 Å². The Morgan fingerprint density at radius 2 is 1.92 bits per heavy atom. The number of ether oxygens (including phenoxy) is 3. The van der Waals surface area contributed by atoms with Crippen LogP contribution in [-0.4, -0.2) is 26.2 Å². The summed E-state index contributed by atoms with van der Waals surface area (Å²) in [5.74, 6) is 1.21. The van der Waals surface area contributed by atoms with E-state index in [1.807, 2.05) is 24.3 Å². The van der Waals surface area contributed by atoms with Crippen molar-refractivity contribution in [2.75, 3.05) is 25.6 Å². The van der Waals surface area contributed by atoms with Crippen molar-refractivity contribution in [3.05, 3.63) is 53.8 Å². The molecule has 1 amide bonds. The molecule has 0 radical (unpaired) electrons. The van der Waals surface area contributed by atoms with Crippen LogP contribution in [0, 0.1) is 0 Å². The van der Waals surface area contributed by atoms with E-state index in [0.717, 1.165) is 10.9 Å². The number of benzene rings is 2. The Morgan fingerprint density at radius 1 is 1.12 bits per heavy atom. The van der Waals surface area contributed by atoms with Crippen LogP contribution in [0.1, 0.15) is 16.1 Å². The molecule has 0 saturated heterocycles. The molecule has 0 spiro atoms. The first kappa shape index (κ1) is 15.5. The van der Waals surface area contributed by atoms with Gasteiger partial charge in [-0.1, -0.05) is 18.2 Å². The first-order valence-electron chi connectivity index (χ1n) is 7.96. The van der Waals surface area contributed by atoms with Gasteiger partial charge in [-0.05, 0) is 18.2 Å². The molecule has 2 aromatic carbocycles. The highest BCUT2D eigenvalue weighted by molar-refractivity contribution is 6.06. The van der Waals surface area contributed by atoms with Crippen LogP contribution in [0.25, 0.3) is 11.0 Å². The molecule has 0 aliphatic carbocycles. The van der Waals surface area contributed by atoms with Crippen LogP contribution < -0.4 is 14.8 Å². The average Bonchev–Trinajstić information content (AvgIpc) is 3.01. The monoisotopic (exact) mass is 339 g/mol. The number of amides is 1. The van der Waals surface area contributed by atoms with E-state index in [2.05, 4.69) is 5.32 Å². The van der Waals surface area contributed by atoms with Crippen LogP contribution in [0.15, 0.2) is 46.9 Å². The second-order valence-electron chi connectivity index (χ2n) is 5.65. The summed E-state index contributed by atoms with van der Waals surface area (Å²) in [6.45, 7) is 1.31. The van der Waals surface area contributed by atoms with Gasteiger partial charge in [0.25, 0.3) is 5.91 Å². The smallest absolute Gasteiger partial charge is 0.291 e. The van der Waals surface area contributed by atoms with E-state index in [9.17, 15) is 4.79 Å². The maximum Gasteiger partial charge on any atom is 0.291 e. The lowest BCUT2D eigenvalue weighted by atomic mass is 10.1. The Kier molecular flexibility index (Phi) is 4.03. The van der Waals surface area contributed by atoms with E-state index in [-0.39, 0.29) is 11.7 Å². The molecule has 0 atom stereocenters. The first-order valence-corrected chi connectivity index (χ1v) is 7.96. The molecule has 0 bridgehead atoms. The summed E-state index contributed by atoms with van der Waals surface area (Å²) in [5, 5.41) is 3.72. The molecule has 128 valence electrons. The topological polar surface area (TPSA) is 69.9 Å². The molecular weight excluding hydrogens is 322 g/mol. The largest absolute Gasteiger partial charge is 0.486 e. The molecule has 6 heteroatoms. The number of rotatable bonds is 4. The first-order chi connectivity index (χ1) is 12.3. The van der Waals surface area contributed by atoms with Gasteiger partial charge in [0, 0.05) is 29.8 Å². The predicted molar refractivity (Wildman–Crippen MR) is 92.3 cm³/mol. The van der Waals surface area contributed by atoms with E-state index in [0.29, 0.717) is 42.6 Å². The minimum Gasteiger partial charge on any atom is -0.486 e. The summed E-state index contributed by atoms with van der Waals surface area (Å²) in [5.41, 5.74) is 1.99. The fraction of sp³-hybridized carbons (Fsp3) is 0.211. The van der Waals surface area contributed by atoms with Crippen molar-refractivity contribution in [3.63, 3.8) is 0 Å². The summed E-state index contributed by atoms with van der Waals surface area (Å²) >= 11 is 0. The minimum atomic E-state index is -0.333. The van der Waals surface area contributed by atoms with Gasteiger partial charge in [-0.2, -0.15) is 0 Å². The van der Waals surface area contributed by atoms with Gasteiger partial charge in [0.15, 0.2) is 17.3 Å². The average molecular weight is 339 g/mol. The Labute approximate surface area is 144 Å². The maximum absolute atomic E-state index is 12.7. The SMILES string of the molecule is COCc1c(C(=O)Nc2ccc3c(c2)OCCO3)oc2ccccc12. The zero-order valence-electron chi connectivity index (χ0n) is 13.7. The van der Waals surface area contributed by atoms with Crippen molar-refractivity contribution < 1.29 is 23.4 Å². The van der Waals surface area contributed by atoms with Crippen LogP contribution >= 0.6 is 0 Å². The summed E-state index contributed by atoms with van der Waals surface area (Å²) in [7, 11) is 1.59. The van der Waals surface area contributed by atoms with Gasteiger partial charge in [0.2, 0.25) is 0 Å². The number of fused-ring (bicyclic) bond motifs is 2. The molecule has 1 aromatic heterocycles. The maximum atomic E-state index is 12.7. The van der Waals surface area contributed by atoms with Gasteiger partial charge >= 0.3 is 0 Å². The number of nitrogens with one attached hydrogen (secondary N) is 1. The van der Waals surface area contributed by atoms with E-state index in [4.69, 9.17) is 18.6 Å². The van der Waals surface area contributed by atoms with Gasteiger partial charge in [0.05, 0.1) is 6.61 Å². The van der Waals surface area contributed by atoms with Gasteiger partial charge in [0.1, 0.15) is 18.8 Å². The Bertz CT molecular complexity index is 931. The Hall–Kier alpha value is -2.99. The van der Waals surface area contributed by atoms with Gasteiger partial charge in [-0.15, -0.1) is 0 Å². The molecule has 1 N–H and O–H groups in total. The number of carbonyl (C=O) groups excluding carboxylic acids is 1. The van der Waals surface area contributed by atoms with Crippen LogP contribution in [0.5, 0.6) is 11.5 Å². The van der Waals surface area contributed by atoms with Gasteiger partial charge < -0.3 is 23.9 Å². The van der Waals surface area contributed by atoms with Gasteiger partial charge in [-0.25, -0.2) is 0 Å². The quantitative estimate of drug-likeness (QED) is 0.786. The zero-order valence-corrected chi connectivity index (χ0v) is 13.7. The number of anilines is 1. The number of carbonyl (C=O) groups is 1. The van der Waals surface area contributed by atoms with Crippen molar-refractivity contribution in [1.29, 1.82) is 0 Å². The van der Waals surface area contributed by atoms with E-state index in [1.54, 1.807) is 25.3 Å². The second-order valence-corrected chi connectivity index (χ2v) is 5.65. The van der Waals surface area contributed by atoms with E-state index in [1.165, 1.54) is 0 Å². The fourth-order valence-corrected chi connectivity index (χ4v) is 2.88. The highest BCUT2D eigenvalue weighted by atomic mass is 16.6. The van der Waals surface area contributed by atoms with Crippen LogP contribution in [0.4, 0.5) is 5.69 Å². The standard InChI is InChI=1S/C19H17NO5/c1-22-11-14-13-4-2-3-5-15(13)25-18(14)19(21)20-12-6-7-16-17(10-12)24-9-8-23-16/h2-7,10H,8-9,11H2,1H3,(H,20,21). The molecule has 2 heterocycles. The molecule has 25 heavy (non-hydrogen) atoms. The molecule has 0 unspecified atom stereocenters. The second kappa shape index (κ2) is 6.49. The number of para-hydroxylation sites is 1. The van der Waals surface area contributed by atoms with E-state index >= 15 is 0 Å². The highest BCUT2D eigenvalue weighted by Gasteiger charge is 2.21. The third-order valence-corrected chi connectivity index (χ3v) is 3.99. The molecule has 3 aromatic rings. The fourth-order valence-electron chi connectivity index (χ4n) is 2.88. The molecule has 0 saturated carbocycles. The minimum absolute atomic E-state index is 0.248. The molecule has 6 nitrogen and oxygen atoms in total. The summed E-state index contributed by atoms with van der Waals surface area (Å²) in [4.78, 5) is 12.7. The van der Waals surface area contributed by atoms with Crippen molar-refractivity contribution in [3.8, 4) is 11.5 Å². The molecule has 1 aliphatic rings. The van der Waals surface area contributed by atoms with Crippen LogP contribution in [-0.2, 0) is 11.3 Å². The van der Waals surface area contributed by atoms with E-state index < -0.39 is 0 Å². The summed E-state index contributed by atoms with van der Waals surface area (Å²) in [6.07, 6.45) is 0. The lowest BCUT2D eigenvalue weighted by Gasteiger charge is -2.18. The van der Waals surface area contributed by atoms with Crippen LogP contribution in [0.3, 0.4) is 0 Å². The summed E-state index contributed by atoms with van der Waals surface area (Å²) in [6, 6.07) is 12.8. The molecule has 4 rings (SSSR count). The Balaban J connectivity index is 1.65. The molecule has 0 fully saturated rings. The number of methoxy groups -OCH3 is 1. The van der Waals surface area contributed by atoms with Crippen LogP contribution in [0.2, 0.25) is 0 Å².